The summed E-state index contributed by atoms with van der Waals surface area (Å²) in [6.07, 6.45) is 3.32. The molecule has 0 saturated carbocycles. The number of benzene rings is 1. The molecule has 0 atom stereocenters. The standard InChI is InChI=1S/C21H27N3O4/c1-26-10-4-8-22-21(25)16-5-6-20(23-13-16)24-9-7-15-11-18(27-2)19(28-3)12-17(15)14-24/h5-6,11-13H,4,7-10,14H2,1-3H3,(H,22,25). The van der Waals surface area contributed by atoms with Crippen molar-refractivity contribution in [2.45, 2.75) is 19.4 Å². The van der Waals surface area contributed by atoms with Gasteiger partial charge in [-0.25, -0.2) is 4.98 Å². The van der Waals surface area contributed by atoms with Gasteiger partial charge in [0, 0.05) is 39.5 Å². The van der Waals surface area contributed by atoms with Crippen molar-refractivity contribution < 1.29 is 19.0 Å². The van der Waals surface area contributed by atoms with Gasteiger partial charge in [-0.2, -0.15) is 0 Å². The highest BCUT2D eigenvalue weighted by molar-refractivity contribution is 5.94. The summed E-state index contributed by atoms with van der Waals surface area (Å²) in [6.45, 7) is 2.82. The highest BCUT2D eigenvalue weighted by Crippen LogP contribution is 2.34. The van der Waals surface area contributed by atoms with Gasteiger partial charge >= 0.3 is 0 Å². The Morgan fingerprint density at radius 1 is 1.14 bits per heavy atom. The summed E-state index contributed by atoms with van der Waals surface area (Å²) in [5.41, 5.74) is 3.02. The Morgan fingerprint density at radius 3 is 2.54 bits per heavy atom. The lowest BCUT2D eigenvalue weighted by atomic mass is 9.98. The molecule has 7 heteroatoms. The van der Waals surface area contributed by atoms with Crippen molar-refractivity contribution in [2.24, 2.45) is 0 Å². The minimum atomic E-state index is -0.115. The third-order valence-corrected chi connectivity index (χ3v) is 4.86. The molecular formula is C21H27N3O4. The smallest absolute Gasteiger partial charge is 0.252 e. The highest BCUT2D eigenvalue weighted by Gasteiger charge is 2.20. The summed E-state index contributed by atoms with van der Waals surface area (Å²) in [6, 6.07) is 7.80. The number of amides is 1. The number of hydrogen-bond acceptors (Lipinski definition) is 6. The van der Waals surface area contributed by atoms with Gasteiger partial charge in [-0.05, 0) is 48.2 Å². The molecular weight excluding hydrogens is 358 g/mol. The average molecular weight is 385 g/mol. The number of carbonyl (C=O) groups is 1. The maximum Gasteiger partial charge on any atom is 0.252 e. The van der Waals surface area contributed by atoms with Crippen LogP contribution in [0, 0.1) is 0 Å². The molecule has 0 saturated heterocycles. The van der Waals surface area contributed by atoms with Crippen LogP contribution in [-0.4, -0.2) is 51.9 Å². The molecule has 0 spiro atoms. The van der Waals surface area contributed by atoms with Crippen molar-refractivity contribution in [3.8, 4) is 11.5 Å². The number of nitrogens with one attached hydrogen (secondary N) is 1. The summed E-state index contributed by atoms with van der Waals surface area (Å²) in [4.78, 5) is 18.9. The fraction of sp³-hybridized carbons (Fsp3) is 0.429. The number of ether oxygens (including phenoxy) is 3. The van der Waals surface area contributed by atoms with Gasteiger partial charge in [-0.15, -0.1) is 0 Å². The van der Waals surface area contributed by atoms with E-state index < -0.39 is 0 Å². The molecule has 3 rings (SSSR count). The van der Waals surface area contributed by atoms with Gasteiger partial charge in [0.25, 0.3) is 5.91 Å². The number of carbonyl (C=O) groups excluding carboxylic acids is 1. The number of aromatic nitrogens is 1. The van der Waals surface area contributed by atoms with Crippen LogP contribution < -0.4 is 19.7 Å². The van der Waals surface area contributed by atoms with E-state index in [1.54, 1.807) is 27.5 Å². The fourth-order valence-corrected chi connectivity index (χ4v) is 3.31. The third kappa shape index (κ3) is 4.54. The minimum absolute atomic E-state index is 0.115. The van der Waals surface area contributed by atoms with Gasteiger partial charge in [-0.3, -0.25) is 4.79 Å². The van der Waals surface area contributed by atoms with Crippen LogP contribution in [0.15, 0.2) is 30.5 Å². The Bertz CT molecular complexity index is 808. The van der Waals surface area contributed by atoms with Gasteiger partial charge in [0.2, 0.25) is 0 Å². The maximum atomic E-state index is 12.2. The van der Waals surface area contributed by atoms with Crippen LogP contribution in [0.1, 0.15) is 27.9 Å². The molecule has 1 aliphatic heterocycles. The van der Waals surface area contributed by atoms with E-state index in [9.17, 15) is 4.79 Å². The number of hydrogen-bond donors (Lipinski definition) is 1. The van der Waals surface area contributed by atoms with Crippen molar-refractivity contribution in [1.29, 1.82) is 0 Å². The summed E-state index contributed by atoms with van der Waals surface area (Å²) in [5, 5.41) is 2.87. The monoisotopic (exact) mass is 385 g/mol. The van der Waals surface area contributed by atoms with Crippen LogP contribution in [0.5, 0.6) is 11.5 Å². The van der Waals surface area contributed by atoms with E-state index in [4.69, 9.17) is 14.2 Å². The van der Waals surface area contributed by atoms with E-state index in [-0.39, 0.29) is 5.91 Å². The predicted octanol–water partition coefficient (Wildman–Crippen LogP) is 2.43. The molecule has 1 aromatic carbocycles. The van der Waals surface area contributed by atoms with Gasteiger partial charge in [0.15, 0.2) is 11.5 Å². The van der Waals surface area contributed by atoms with Gasteiger partial charge < -0.3 is 24.4 Å². The van der Waals surface area contributed by atoms with E-state index in [1.807, 2.05) is 18.2 Å². The molecule has 1 aromatic heterocycles. The average Bonchev–Trinajstić information content (AvgIpc) is 2.75. The zero-order valence-corrected chi connectivity index (χ0v) is 16.7. The number of methoxy groups -OCH3 is 3. The summed E-state index contributed by atoms with van der Waals surface area (Å²) in [5.74, 6) is 2.23. The van der Waals surface area contributed by atoms with Crippen molar-refractivity contribution in [3.63, 3.8) is 0 Å². The van der Waals surface area contributed by atoms with Crippen LogP contribution in [0.2, 0.25) is 0 Å². The molecule has 28 heavy (non-hydrogen) atoms. The molecule has 0 aliphatic carbocycles. The van der Waals surface area contributed by atoms with Gasteiger partial charge in [0.05, 0.1) is 19.8 Å². The van der Waals surface area contributed by atoms with Crippen molar-refractivity contribution in [2.75, 3.05) is 45.9 Å². The van der Waals surface area contributed by atoms with Gasteiger partial charge in [-0.1, -0.05) is 0 Å². The van der Waals surface area contributed by atoms with E-state index in [0.29, 0.717) is 18.7 Å². The first-order chi connectivity index (χ1) is 13.7. The lowest BCUT2D eigenvalue weighted by Crippen LogP contribution is -2.31. The number of nitrogens with zero attached hydrogens (tertiary/aromatic N) is 2. The molecule has 2 aromatic rings. The van der Waals surface area contributed by atoms with Crippen LogP contribution >= 0.6 is 0 Å². The SMILES string of the molecule is COCCCNC(=O)c1ccc(N2CCc3cc(OC)c(OC)cc3C2)nc1. The zero-order valence-electron chi connectivity index (χ0n) is 16.7. The minimum Gasteiger partial charge on any atom is -0.493 e. The van der Waals surface area contributed by atoms with Crippen LogP contribution in [0.3, 0.4) is 0 Å². The van der Waals surface area contributed by atoms with E-state index in [1.165, 1.54) is 11.1 Å². The highest BCUT2D eigenvalue weighted by atomic mass is 16.5. The first kappa shape index (κ1) is 19.9. The fourth-order valence-electron chi connectivity index (χ4n) is 3.31. The van der Waals surface area contributed by atoms with E-state index >= 15 is 0 Å². The number of pyridine rings is 1. The number of anilines is 1. The van der Waals surface area contributed by atoms with Crippen molar-refractivity contribution in [1.82, 2.24) is 10.3 Å². The second-order valence-corrected chi connectivity index (χ2v) is 6.65. The second kappa shape index (κ2) is 9.41. The Labute approximate surface area is 165 Å². The first-order valence-electron chi connectivity index (χ1n) is 9.38. The lowest BCUT2D eigenvalue weighted by Gasteiger charge is -2.30. The molecule has 1 aliphatic rings. The molecule has 0 bridgehead atoms. The second-order valence-electron chi connectivity index (χ2n) is 6.65. The normalized spacial score (nSPS) is 13.0. The predicted molar refractivity (Wildman–Crippen MR) is 107 cm³/mol. The molecule has 1 N–H and O–H groups in total. The molecule has 1 amide bonds. The maximum absolute atomic E-state index is 12.2. The molecule has 0 unspecified atom stereocenters. The molecule has 150 valence electrons. The Kier molecular flexibility index (Phi) is 6.71. The topological polar surface area (TPSA) is 72.9 Å². The van der Waals surface area contributed by atoms with E-state index in [0.717, 1.165) is 43.2 Å². The Morgan fingerprint density at radius 2 is 1.89 bits per heavy atom. The molecule has 0 fully saturated rings. The Balaban J connectivity index is 1.66. The zero-order chi connectivity index (χ0) is 19.9. The van der Waals surface area contributed by atoms with Crippen LogP contribution in [0.4, 0.5) is 5.82 Å². The third-order valence-electron chi connectivity index (χ3n) is 4.86. The summed E-state index contributed by atoms with van der Waals surface area (Å²) in [7, 11) is 4.94. The summed E-state index contributed by atoms with van der Waals surface area (Å²) < 4.78 is 15.8. The van der Waals surface area contributed by atoms with E-state index in [2.05, 4.69) is 21.3 Å². The largest absolute Gasteiger partial charge is 0.493 e. The van der Waals surface area contributed by atoms with Crippen molar-refractivity contribution in [3.05, 3.63) is 47.2 Å². The Hall–Kier alpha value is -2.80. The molecule has 2 heterocycles. The number of fused-ring (bicyclic) bond motifs is 1. The van der Waals surface area contributed by atoms with Crippen molar-refractivity contribution >= 4 is 11.7 Å². The number of rotatable bonds is 8. The lowest BCUT2D eigenvalue weighted by molar-refractivity contribution is 0.0948. The van der Waals surface area contributed by atoms with Crippen LogP contribution in [0.25, 0.3) is 0 Å². The molecule has 7 nitrogen and oxygen atoms in total. The quantitative estimate of drug-likeness (QED) is 0.704. The van der Waals surface area contributed by atoms with Gasteiger partial charge in [0.1, 0.15) is 5.82 Å². The molecule has 0 radical (unpaired) electrons. The van der Waals surface area contributed by atoms with Crippen LogP contribution in [-0.2, 0) is 17.7 Å². The summed E-state index contributed by atoms with van der Waals surface area (Å²) >= 11 is 0. The first-order valence-corrected chi connectivity index (χ1v) is 9.38.